The van der Waals surface area contributed by atoms with Gasteiger partial charge in [0.2, 0.25) is 5.88 Å². The maximum Gasteiger partial charge on any atom is 0.320 e. The quantitative estimate of drug-likeness (QED) is 0.678. The van der Waals surface area contributed by atoms with Gasteiger partial charge in [0.05, 0.1) is 5.56 Å². The Hall–Kier alpha value is -3.18. The smallest absolute Gasteiger partial charge is 0.320 e. The first-order chi connectivity index (χ1) is 13.9. The summed E-state index contributed by atoms with van der Waals surface area (Å²) in [5.41, 5.74) is 4.31. The van der Waals surface area contributed by atoms with E-state index in [4.69, 9.17) is 9.47 Å². The average Bonchev–Trinajstić information content (AvgIpc) is 2.78. The monoisotopic (exact) mass is 373 g/mol. The van der Waals surface area contributed by atoms with Crippen LogP contribution >= 0.6 is 0 Å². The van der Waals surface area contributed by atoms with Crippen LogP contribution in [0.15, 0.2) is 72.9 Å². The molecule has 0 saturated carbocycles. The van der Waals surface area contributed by atoms with Crippen molar-refractivity contribution < 1.29 is 9.47 Å². The van der Waals surface area contributed by atoms with Crippen LogP contribution in [0, 0.1) is 0 Å². The molecular formula is C23H23N3O2. The van der Waals surface area contributed by atoms with Gasteiger partial charge in [-0.1, -0.05) is 66.7 Å². The summed E-state index contributed by atoms with van der Waals surface area (Å²) < 4.78 is 11.9. The lowest BCUT2D eigenvalue weighted by atomic mass is 10.0. The van der Waals surface area contributed by atoms with Crippen molar-refractivity contribution in [3.63, 3.8) is 0 Å². The molecule has 5 nitrogen and oxygen atoms in total. The van der Waals surface area contributed by atoms with Gasteiger partial charge in [-0.05, 0) is 29.7 Å². The number of ether oxygens (including phenoxy) is 2. The molecule has 4 rings (SSSR count). The van der Waals surface area contributed by atoms with Gasteiger partial charge in [-0.2, -0.15) is 4.98 Å². The van der Waals surface area contributed by atoms with Gasteiger partial charge < -0.3 is 14.8 Å². The third kappa shape index (κ3) is 4.75. The standard InChI is InChI=1S/C23H23N3O2/c1-3-7-18(8-4-1)16-27-22-21(20-11-13-24-14-12-20)15-25-23(26-22)28-17-19-9-5-2-6-10-19/h1-11,15,24H,12-14,16-17H2. The van der Waals surface area contributed by atoms with Crippen LogP contribution < -0.4 is 14.8 Å². The molecule has 1 N–H and O–H groups in total. The first-order valence-electron chi connectivity index (χ1n) is 9.49. The Balaban J connectivity index is 1.54. The topological polar surface area (TPSA) is 56.3 Å². The van der Waals surface area contributed by atoms with Gasteiger partial charge in [-0.15, -0.1) is 0 Å². The fourth-order valence-electron chi connectivity index (χ4n) is 3.07. The molecule has 1 aliphatic heterocycles. The van der Waals surface area contributed by atoms with E-state index >= 15 is 0 Å². The SMILES string of the molecule is C1=C(c2cnc(OCc3ccccc3)nc2OCc2ccccc2)CCNC1. The fourth-order valence-corrected chi connectivity index (χ4v) is 3.07. The molecule has 0 spiro atoms. The minimum Gasteiger partial charge on any atom is -0.472 e. The summed E-state index contributed by atoms with van der Waals surface area (Å²) in [6.45, 7) is 2.66. The van der Waals surface area contributed by atoms with Gasteiger partial charge in [-0.3, -0.25) is 0 Å². The van der Waals surface area contributed by atoms with Crippen LogP contribution in [-0.4, -0.2) is 23.1 Å². The summed E-state index contributed by atoms with van der Waals surface area (Å²) in [6.07, 6.45) is 4.90. The summed E-state index contributed by atoms with van der Waals surface area (Å²) >= 11 is 0. The van der Waals surface area contributed by atoms with E-state index in [9.17, 15) is 0 Å². The van der Waals surface area contributed by atoms with Crippen molar-refractivity contribution in [1.82, 2.24) is 15.3 Å². The number of aromatic nitrogens is 2. The van der Waals surface area contributed by atoms with Crippen molar-refractivity contribution in [1.29, 1.82) is 0 Å². The highest BCUT2D eigenvalue weighted by Crippen LogP contribution is 2.29. The third-order valence-corrected chi connectivity index (χ3v) is 4.57. The van der Waals surface area contributed by atoms with E-state index in [1.165, 1.54) is 5.57 Å². The van der Waals surface area contributed by atoms with Crippen molar-refractivity contribution in [3.05, 3.63) is 89.6 Å². The molecule has 2 aromatic carbocycles. The van der Waals surface area contributed by atoms with Gasteiger partial charge in [-0.25, -0.2) is 4.98 Å². The van der Waals surface area contributed by atoms with Gasteiger partial charge in [0.25, 0.3) is 0 Å². The van der Waals surface area contributed by atoms with Gasteiger partial charge in [0.15, 0.2) is 0 Å². The zero-order chi connectivity index (χ0) is 19.0. The zero-order valence-electron chi connectivity index (χ0n) is 15.7. The van der Waals surface area contributed by atoms with Crippen LogP contribution in [0.1, 0.15) is 23.1 Å². The normalized spacial score (nSPS) is 13.6. The molecule has 1 aromatic heterocycles. The zero-order valence-corrected chi connectivity index (χ0v) is 15.7. The van der Waals surface area contributed by atoms with E-state index < -0.39 is 0 Å². The first-order valence-corrected chi connectivity index (χ1v) is 9.49. The number of nitrogens with one attached hydrogen (secondary N) is 1. The summed E-state index contributed by atoms with van der Waals surface area (Å²) in [7, 11) is 0. The molecule has 0 fully saturated rings. The molecule has 0 bridgehead atoms. The van der Waals surface area contributed by atoms with E-state index in [1.54, 1.807) is 0 Å². The van der Waals surface area contributed by atoms with Crippen molar-refractivity contribution >= 4 is 5.57 Å². The van der Waals surface area contributed by atoms with Crippen LogP contribution in [0.4, 0.5) is 0 Å². The summed E-state index contributed by atoms with van der Waals surface area (Å²) in [6, 6.07) is 20.4. The van der Waals surface area contributed by atoms with Gasteiger partial charge in [0, 0.05) is 12.7 Å². The largest absolute Gasteiger partial charge is 0.472 e. The molecule has 0 saturated heterocycles. The minimum atomic E-state index is 0.324. The maximum absolute atomic E-state index is 6.08. The molecule has 3 aromatic rings. The Bertz CT molecular complexity index is 927. The van der Waals surface area contributed by atoms with Crippen LogP contribution in [-0.2, 0) is 13.2 Å². The van der Waals surface area contributed by atoms with E-state index in [2.05, 4.69) is 21.4 Å². The highest BCUT2D eigenvalue weighted by atomic mass is 16.5. The van der Waals surface area contributed by atoms with Crippen molar-refractivity contribution in [2.75, 3.05) is 13.1 Å². The first kappa shape index (κ1) is 18.2. The second kappa shape index (κ2) is 9.15. The Kier molecular flexibility index (Phi) is 5.95. The molecule has 5 heteroatoms. The third-order valence-electron chi connectivity index (χ3n) is 4.57. The van der Waals surface area contributed by atoms with E-state index in [0.29, 0.717) is 25.1 Å². The summed E-state index contributed by atoms with van der Waals surface area (Å²) in [4.78, 5) is 8.97. The summed E-state index contributed by atoms with van der Waals surface area (Å²) in [5, 5.41) is 3.33. The Morgan fingerprint density at radius 1 is 0.857 bits per heavy atom. The number of benzene rings is 2. The highest BCUT2D eigenvalue weighted by Gasteiger charge is 2.15. The van der Waals surface area contributed by atoms with Gasteiger partial charge >= 0.3 is 6.01 Å². The second-order valence-corrected chi connectivity index (χ2v) is 6.60. The fraction of sp³-hybridized carbons (Fsp3) is 0.217. The Labute approximate surface area is 165 Å². The number of hydrogen-bond acceptors (Lipinski definition) is 5. The average molecular weight is 373 g/mol. The maximum atomic E-state index is 6.08. The van der Waals surface area contributed by atoms with E-state index in [0.717, 1.165) is 36.2 Å². The van der Waals surface area contributed by atoms with Crippen LogP contribution in [0.3, 0.4) is 0 Å². The van der Waals surface area contributed by atoms with E-state index in [1.807, 2.05) is 66.9 Å². The van der Waals surface area contributed by atoms with Crippen LogP contribution in [0.2, 0.25) is 0 Å². The lowest BCUT2D eigenvalue weighted by molar-refractivity contribution is 0.257. The molecule has 28 heavy (non-hydrogen) atoms. The van der Waals surface area contributed by atoms with Crippen molar-refractivity contribution in [2.45, 2.75) is 19.6 Å². The molecule has 0 atom stereocenters. The van der Waals surface area contributed by atoms with Crippen molar-refractivity contribution in [3.8, 4) is 11.9 Å². The highest BCUT2D eigenvalue weighted by molar-refractivity contribution is 5.69. The molecule has 0 amide bonds. The van der Waals surface area contributed by atoms with Crippen LogP contribution in [0.25, 0.3) is 5.57 Å². The second-order valence-electron chi connectivity index (χ2n) is 6.60. The number of hydrogen-bond donors (Lipinski definition) is 1. The molecule has 1 aliphatic rings. The van der Waals surface area contributed by atoms with Crippen molar-refractivity contribution in [2.24, 2.45) is 0 Å². The van der Waals surface area contributed by atoms with Gasteiger partial charge in [0.1, 0.15) is 13.2 Å². The molecule has 0 unspecified atom stereocenters. The number of rotatable bonds is 7. The molecule has 2 heterocycles. The molecule has 0 aliphatic carbocycles. The van der Waals surface area contributed by atoms with E-state index in [-0.39, 0.29) is 0 Å². The van der Waals surface area contributed by atoms with Crippen LogP contribution in [0.5, 0.6) is 11.9 Å². The lowest BCUT2D eigenvalue weighted by Crippen LogP contribution is -2.20. The minimum absolute atomic E-state index is 0.324. The molecular weight excluding hydrogens is 350 g/mol. The Morgan fingerprint density at radius 3 is 2.18 bits per heavy atom. The summed E-state index contributed by atoms with van der Waals surface area (Å²) in [5.74, 6) is 0.565. The predicted octanol–water partition coefficient (Wildman–Crippen LogP) is 4.01. The molecule has 0 radical (unpaired) electrons. The predicted molar refractivity (Wildman–Crippen MR) is 109 cm³/mol. The Morgan fingerprint density at radius 2 is 1.54 bits per heavy atom. The number of nitrogens with zero attached hydrogens (tertiary/aromatic N) is 2. The lowest BCUT2D eigenvalue weighted by Gasteiger charge is -2.17. The molecule has 142 valence electrons.